The summed E-state index contributed by atoms with van der Waals surface area (Å²) in [5, 5.41) is 9.29. The van der Waals surface area contributed by atoms with Gasteiger partial charge in [0.15, 0.2) is 0 Å². The number of ether oxygens (including phenoxy) is 1. The first kappa shape index (κ1) is 44.3. The summed E-state index contributed by atoms with van der Waals surface area (Å²) < 4.78 is 9.67. The van der Waals surface area contributed by atoms with Crippen molar-refractivity contribution in [3.05, 3.63) is 230 Å². The van der Waals surface area contributed by atoms with Crippen LogP contribution in [0.1, 0.15) is 52.7 Å². The van der Waals surface area contributed by atoms with E-state index in [-0.39, 0.29) is 10.8 Å². The van der Waals surface area contributed by atoms with E-state index in [1.165, 1.54) is 60.4 Å². The van der Waals surface area contributed by atoms with Gasteiger partial charge in [0, 0.05) is 62.3 Å². The van der Waals surface area contributed by atoms with E-state index in [9.17, 15) is 0 Å². The molecule has 1 aliphatic heterocycles. The highest BCUT2D eigenvalue weighted by atomic mass is 16.5. The van der Waals surface area contributed by atoms with Gasteiger partial charge in [0.25, 0.3) is 0 Å². The van der Waals surface area contributed by atoms with E-state index in [0.29, 0.717) is 6.67 Å². The van der Waals surface area contributed by atoms with Crippen molar-refractivity contribution < 1.29 is 4.74 Å². The minimum absolute atomic E-state index is 0.0663. The van der Waals surface area contributed by atoms with Crippen LogP contribution in [-0.2, 0) is 10.8 Å². The van der Waals surface area contributed by atoms with Crippen LogP contribution in [0, 0.1) is 0 Å². The molecular formula is C68H56N4O. The second kappa shape index (κ2) is 17.0. The second-order valence-corrected chi connectivity index (χ2v) is 21.6. The van der Waals surface area contributed by atoms with Crippen molar-refractivity contribution >= 4 is 82.5 Å². The number of benzene rings is 9. The smallest absolute Gasteiger partial charge is 0.145 e. The molecule has 0 radical (unpaired) electrons. The molecule has 0 unspecified atom stereocenters. The molecule has 13 rings (SSSR count). The quantitative estimate of drug-likeness (QED) is 0.166. The lowest BCUT2D eigenvalue weighted by Gasteiger charge is -2.30. The summed E-state index contributed by atoms with van der Waals surface area (Å²) in [7, 11) is 0. The highest BCUT2D eigenvalue weighted by Crippen LogP contribution is 2.52. The van der Waals surface area contributed by atoms with Gasteiger partial charge in [-0.2, -0.15) is 0 Å². The maximum atomic E-state index is 7.29. The number of nitrogens with zero attached hydrogens (tertiary/aromatic N) is 4. The zero-order valence-corrected chi connectivity index (χ0v) is 42.2. The van der Waals surface area contributed by atoms with Gasteiger partial charge in [-0.1, -0.05) is 187 Å². The Morgan fingerprint density at radius 3 is 1.59 bits per heavy atom. The Hall–Kier alpha value is -8.67. The van der Waals surface area contributed by atoms with E-state index in [1.807, 2.05) is 6.20 Å². The molecule has 0 saturated carbocycles. The lowest BCUT2D eigenvalue weighted by Crippen LogP contribution is -2.25. The van der Waals surface area contributed by atoms with Gasteiger partial charge >= 0.3 is 0 Å². The van der Waals surface area contributed by atoms with Crippen LogP contribution in [0.5, 0.6) is 11.5 Å². The maximum Gasteiger partial charge on any atom is 0.145 e. The van der Waals surface area contributed by atoms with Gasteiger partial charge in [-0.25, -0.2) is 4.98 Å². The van der Waals surface area contributed by atoms with Gasteiger partial charge in [0.05, 0.1) is 28.1 Å². The van der Waals surface area contributed by atoms with E-state index in [2.05, 4.69) is 268 Å². The largest absolute Gasteiger partial charge is 0.457 e. The molecular weight excluding hydrogens is 889 g/mol. The van der Waals surface area contributed by atoms with Gasteiger partial charge in [-0.3, -0.25) is 4.40 Å². The van der Waals surface area contributed by atoms with Gasteiger partial charge < -0.3 is 14.5 Å². The second-order valence-electron chi connectivity index (χ2n) is 21.6. The highest BCUT2D eigenvalue weighted by Gasteiger charge is 2.33. The molecule has 9 aromatic carbocycles. The first-order chi connectivity index (χ1) is 35.5. The van der Waals surface area contributed by atoms with Crippen LogP contribution in [0.4, 0.5) is 22.7 Å². The van der Waals surface area contributed by atoms with E-state index < -0.39 is 0 Å². The van der Waals surface area contributed by atoms with E-state index in [0.717, 1.165) is 67.0 Å². The molecule has 354 valence electrons. The number of hydrogen-bond acceptors (Lipinski definition) is 4. The number of anilines is 4. The number of para-hydroxylation sites is 3. The summed E-state index contributed by atoms with van der Waals surface area (Å²) in [5.74, 6) is 1.59. The lowest BCUT2D eigenvalue weighted by atomic mass is 9.82. The Labute approximate surface area is 426 Å². The molecule has 12 aromatic rings. The Morgan fingerprint density at radius 2 is 0.973 bits per heavy atom. The van der Waals surface area contributed by atoms with Crippen molar-refractivity contribution in [2.24, 2.45) is 0 Å². The fraction of sp³-hybridized carbons (Fsp3) is 0.132. The van der Waals surface area contributed by atoms with Gasteiger partial charge in [0.2, 0.25) is 0 Å². The third-order valence-corrected chi connectivity index (χ3v) is 15.0. The van der Waals surface area contributed by atoms with Gasteiger partial charge in [-0.05, 0) is 104 Å². The van der Waals surface area contributed by atoms with Crippen LogP contribution in [0.15, 0.2) is 219 Å². The van der Waals surface area contributed by atoms with Gasteiger partial charge in [0.1, 0.15) is 23.8 Å². The molecule has 1 aliphatic rings. The summed E-state index contributed by atoms with van der Waals surface area (Å²) in [6, 6.07) is 77.3. The fourth-order valence-electron chi connectivity index (χ4n) is 11.4. The average Bonchev–Trinajstić information content (AvgIpc) is 3.97. The molecule has 0 spiro atoms. The third-order valence-electron chi connectivity index (χ3n) is 15.0. The molecule has 0 aliphatic carbocycles. The molecule has 73 heavy (non-hydrogen) atoms. The molecule has 4 heterocycles. The minimum Gasteiger partial charge on any atom is -0.457 e. The Balaban J connectivity index is 0.988. The molecule has 0 amide bonds. The number of rotatable bonds is 6. The summed E-state index contributed by atoms with van der Waals surface area (Å²) in [6.07, 6.45) is 1.91. The van der Waals surface area contributed by atoms with Crippen molar-refractivity contribution in [1.82, 2.24) is 9.38 Å². The molecule has 5 nitrogen and oxygen atoms in total. The number of hydrogen-bond donors (Lipinski definition) is 0. The topological polar surface area (TPSA) is 33.0 Å². The van der Waals surface area contributed by atoms with E-state index in [1.54, 1.807) is 0 Å². The van der Waals surface area contributed by atoms with Gasteiger partial charge in [-0.15, -0.1) is 0 Å². The zero-order valence-electron chi connectivity index (χ0n) is 42.2. The zero-order chi connectivity index (χ0) is 49.6. The Bertz CT molecular complexity index is 4120. The molecule has 0 bridgehead atoms. The normalized spacial score (nSPS) is 13.0. The van der Waals surface area contributed by atoms with Crippen molar-refractivity contribution in [3.8, 4) is 33.8 Å². The average molecular weight is 945 g/mol. The first-order valence-electron chi connectivity index (χ1n) is 25.5. The minimum atomic E-state index is -0.209. The Morgan fingerprint density at radius 1 is 0.438 bits per heavy atom. The fourth-order valence-corrected chi connectivity index (χ4v) is 11.4. The van der Waals surface area contributed by atoms with Crippen LogP contribution in [0.25, 0.3) is 82.0 Å². The van der Waals surface area contributed by atoms with Crippen LogP contribution in [0.3, 0.4) is 0 Å². The van der Waals surface area contributed by atoms with Crippen molar-refractivity contribution in [3.63, 3.8) is 0 Å². The van der Waals surface area contributed by atoms with Crippen LogP contribution >= 0.6 is 0 Å². The highest BCUT2D eigenvalue weighted by molar-refractivity contribution is 6.24. The number of pyridine rings is 1. The monoisotopic (exact) mass is 944 g/mol. The lowest BCUT2D eigenvalue weighted by molar-refractivity contribution is 0.456. The first-order valence-corrected chi connectivity index (χ1v) is 25.5. The number of fused-ring (bicyclic) bond motifs is 11. The third kappa shape index (κ3) is 7.41. The van der Waals surface area contributed by atoms with Crippen molar-refractivity contribution in [1.29, 1.82) is 0 Å². The molecule has 0 N–H and O–H groups in total. The SMILES string of the molecule is CC(C)(C)c1cc(-c2ccccc2)c(N2CN(c3ccc(C(C)(C)C)c(Oc4ccc5c6cccc7c8ccccc8c8ccccc8c8cccnc8n(c5c4)c76)c3)c3ccccc32)c(-c2ccccc2)c1. The van der Waals surface area contributed by atoms with Crippen LogP contribution in [0.2, 0.25) is 0 Å². The van der Waals surface area contributed by atoms with Crippen molar-refractivity contribution in [2.75, 3.05) is 16.5 Å². The summed E-state index contributed by atoms with van der Waals surface area (Å²) in [4.78, 5) is 10.2. The summed E-state index contributed by atoms with van der Waals surface area (Å²) >= 11 is 0. The maximum absolute atomic E-state index is 7.29. The molecule has 5 heteroatoms. The molecule has 0 saturated heterocycles. The Kier molecular flexibility index (Phi) is 10.3. The van der Waals surface area contributed by atoms with E-state index >= 15 is 0 Å². The molecule has 0 fully saturated rings. The summed E-state index contributed by atoms with van der Waals surface area (Å²) in [5.41, 5.74) is 14.6. The van der Waals surface area contributed by atoms with Crippen LogP contribution in [-0.4, -0.2) is 16.1 Å². The molecule has 0 atom stereocenters. The number of aromatic nitrogens is 2. The predicted octanol–water partition coefficient (Wildman–Crippen LogP) is 18.6. The predicted molar refractivity (Wildman–Crippen MR) is 308 cm³/mol. The molecule has 3 aromatic heterocycles. The van der Waals surface area contributed by atoms with Crippen molar-refractivity contribution in [2.45, 2.75) is 52.4 Å². The van der Waals surface area contributed by atoms with Crippen LogP contribution < -0.4 is 14.5 Å². The summed E-state index contributed by atoms with van der Waals surface area (Å²) in [6.45, 7) is 14.3. The standard InChI is InChI=1S/C68H56N4O/c1-67(2,3)46-39-57(44-21-9-7-10-22-44)64(58(40-46)45-23-11-8-12-24-45)71-43-70(60-32-17-18-33-61(60)71)47-34-37-59(68(4,5)6)63(41-47)73-48-35-36-53-55-30-19-29-54-51-27-15-13-25-49(51)50-26-14-16-28-52(50)56-31-20-38-69-66(56)72(65(54)55)62(53)42-48/h7-42H,43H2,1-6H3. The van der Waals surface area contributed by atoms with E-state index in [4.69, 9.17) is 9.72 Å².